The summed E-state index contributed by atoms with van der Waals surface area (Å²) < 4.78 is 37.4. The standard InChI is InChI=1S/C7H11F3N2O2/c1-7(2,10)4(5(8)9)12-14-6(13)11-3/h5H,1-3H3,(H,11,13). The smallest absolute Gasteiger partial charge is 0.323 e. The molecule has 0 atom stereocenters. The molecule has 7 heteroatoms. The first-order valence-corrected chi connectivity index (χ1v) is 3.73. The molecule has 0 radical (unpaired) electrons. The second-order valence-electron chi connectivity index (χ2n) is 2.88. The van der Waals surface area contributed by atoms with Crippen molar-refractivity contribution in [1.82, 2.24) is 5.32 Å². The van der Waals surface area contributed by atoms with E-state index >= 15 is 0 Å². The summed E-state index contributed by atoms with van der Waals surface area (Å²) in [7, 11) is 1.22. The highest BCUT2D eigenvalue weighted by Gasteiger charge is 2.32. The summed E-state index contributed by atoms with van der Waals surface area (Å²) in [6, 6.07) is 0. The minimum atomic E-state index is -3.11. The lowest BCUT2D eigenvalue weighted by Gasteiger charge is -2.15. The molecule has 0 unspecified atom stereocenters. The van der Waals surface area contributed by atoms with Crippen LogP contribution in [-0.4, -0.2) is 30.9 Å². The summed E-state index contributed by atoms with van der Waals surface area (Å²) in [6.45, 7) is 1.79. The summed E-state index contributed by atoms with van der Waals surface area (Å²) in [5.41, 5.74) is -3.46. The molecule has 0 aliphatic carbocycles. The van der Waals surface area contributed by atoms with Gasteiger partial charge in [0.1, 0.15) is 0 Å². The number of hydrogen-bond donors (Lipinski definition) is 1. The van der Waals surface area contributed by atoms with Crippen LogP contribution >= 0.6 is 0 Å². The van der Waals surface area contributed by atoms with Crippen LogP contribution in [-0.2, 0) is 4.84 Å². The van der Waals surface area contributed by atoms with Crippen molar-refractivity contribution in [3.05, 3.63) is 0 Å². The predicted molar refractivity (Wildman–Crippen MR) is 44.2 cm³/mol. The maximum atomic E-state index is 13.0. The van der Waals surface area contributed by atoms with Crippen molar-refractivity contribution in [2.45, 2.75) is 25.9 Å². The van der Waals surface area contributed by atoms with Gasteiger partial charge in [0.25, 0.3) is 6.43 Å². The number of halogens is 3. The molecule has 0 rings (SSSR count). The zero-order valence-corrected chi connectivity index (χ0v) is 7.97. The van der Waals surface area contributed by atoms with Crippen molar-refractivity contribution in [2.24, 2.45) is 5.16 Å². The lowest BCUT2D eigenvalue weighted by molar-refractivity contribution is 0.140. The summed E-state index contributed by atoms with van der Waals surface area (Å²) in [5, 5.41) is 4.72. The van der Waals surface area contributed by atoms with Crippen molar-refractivity contribution in [2.75, 3.05) is 7.05 Å². The Hall–Kier alpha value is -1.27. The monoisotopic (exact) mass is 212 g/mol. The lowest BCUT2D eigenvalue weighted by atomic mass is 10.1. The first-order valence-electron chi connectivity index (χ1n) is 3.73. The molecular formula is C7H11F3N2O2. The summed E-state index contributed by atoms with van der Waals surface area (Å²) in [4.78, 5) is 14.4. The van der Waals surface area contributed by atoms with E-state index in [2.05, 4.69) is 9.99 Å². The van der Waals surface area contributed by atoms with Crippen LogP contribution in [0.5, 0.6) is 0 Å². The molecule has 0 bridgehead atoms. The van der Waals surface area contributed by atoms with E-state index in [4.69, 9.17) is 0 Å². The largest absolute Gasteiger partial charge is 0.433 e. The van der Waals surface area contributed by atoms with Gasteiger partial charge in [0.05, 0.1) is 0 Å². The number of oxime groups is 1. The van der Waals surface area contributed by atoms with Crippen LogP contribution in [0.15, 0.2) is 5.16 Å². The van der Waals surface area contributed by atoms with E-state index in [1.54, 1.807) is 0 Å². The zero-order valence-electron chi connectivity index (χ0n) is 7.97. The Labute approximate surface area is 79.1 Å². The van der Waals surface area contributed by atoms with Gasteiger partial charge in [-0.05, 0) is 13.8 Å². The van der Waals surface area contributed by atoms with Gasteiger partial charge in [-0.3, -0.25) is 4.84 Å². The number of nitrogens with zero attached hydrogens (tertiary/aromatic N) is 1. The third-order valence-electron chi connectivity index (χ3n) is 1.25. The number of alkyl halides is 3. The summed E-state index contributed by atoms with van der Waals surface area (Å²) in [5.74, 6) is 0. The van der Waals surface area contributed by atoms with Gasteiger partial charge < -0.3 is 5.32 Å². The van der Waals surface area contributed by atoms with Crippen LogP contribution in [0.2, 0.25) is 0 Å². The molecule has 1 amide bonds. The maximum Gasteiger partial charge on any atom is 0.433 e. The Bertz CT molecular complexity index is 236. The molecule has 82 valence electrons. The minimum absolute atomic E-state index is 0.894. The number of rotatable bonds is 3. The highest BCUT2D eigenvalue weighted by Crippen LogP contribution is 2.17. The number of hydrogen-bond acceptors (Lipinski definition) is 3. The number of carbonyl (C=O) groups excluding carboxylic acids is 1. The number of carbonyl (C=O) groups is 1. The Morgan fingerprint density at radius 3 is 2.29 bits per heavy atom. The third kappa shape index (κ3) is 4.11. The Kier molecular flexibility index (Phi) is 4.39. The van der Waals surface area contributed by atoms with E-state index in [-0.39, 0.29) is 0 Å². The molecule has 0 aromatic carbocycles. The van der Waals surface area contributed by atoms with Crippen LogP contribution < -0.4 is 5.32 Å². The number of nitrogens with one attached hydrogen (secondary N) is 1. The molecule has 0 spiro atoms. The van der Waals surface area contributed by atoms with E-state index in [0.717, 1.165) is 13.8 Å². The van der Waals surface area contributed by atoms with Gasteiger partial charge in [0.2, 0.25) is 0 Å². The van der Waals surface area contributed by atoms with Crippen molar-refractivity contribution in [1.29, 1.82) is 0 Å². The SMILES string of the molecule is CNC(=O)ON=C(C(F)F)C(C)(C)F. The first-order chi connectivity index (χ1) is 6.29. The predicted octanol–water partition coefficient (Wildman–Crippen LogP) is 1.71. The summed E-state index contributed by atoms with van der Waals surface area (Å²) >= 11 is 0. The van der Waals surface area contributed by atoms with Gasteiger partial charge in [-0.25, -0.2) is 18.0 Å². The van der Waals surface area contributed by atoms with Gasteiger partial charge in [-0.1, -0.05) is 5.16 Å². The Morgan fingerprint density at radius 2 is 2.00 bits per heavy atom. The van der Waals surface area contributed by atoms with E-state index in [0.29, 0.717) is 0 Å². The molecule has 4 nitrogen and oxygen atoms in total. The van der Waals surface area contributed by atoms with Crippen molar-refractivity contribution in [3.8, 4) is 0 Å². The Morgan fingerprint density at radius 1 is 1.50 bits per heavy atom. The molecule has 0 saturated carbocycles. The topological polar surface area (TPSA) is 50.7 Å². The molecule has 0 aliphatic heterocycles. The second kappa shape index (κ2) is 4.83. The first kappa shape index (κ1) is 12.7. The van der Waals surface area contributed by atoms with Gasteiger partial charge in [-0.2, -0.15) is 0 Å². The summed E-state index contributed by atoms with van der Waals surface area (Å²) in [6.07, 6.45) is -4.15. The molecule has 14 heavy (non-hydrogen) atoms. The molecule has 0 heterocycles. The average molecular weight is 212 g/mol. The lowest BCUT2D eigenvalue weighted by Crippen LogP contribution is -2.33. The van der Waals surface area contributed by atoms with Gasteiger partial charge in [-0.15, -0.1) is 0 Å². The number of amides is 1. The van der Waals surface area contributed by atoms with Gasteiger partial charge in [0.15, 0.2) is 11.4 Å². The molecular weight excluding hydrogens is 201 g/mol. The molecule has 0 fully saturated rings. The normalized spacial score (nSPS) is 12.9. The quantitative estimate of drug-likeness (QED) is 0.440. The van der Waals surface area contributed by atoms with Crippen LogP contribution in [0.1, 0.15) is 13.8 Å². The van der Waals surface area contributed by atoms with E-state index in [1.165, 1.54) is 7.05 Å². The minimum Gasteiger partial charge on any atom is -0.323 e. The van der Waals surface area contributed by atoms with Crippen LogP contribution in [0.3, 0.4) is 0 Å². The molecule has 1 N–H and O–H groups in total. The van der Waals surface area contributed by atoms with Crippen molar-refractivity contribution >= 4 is 11.8 Å². The molecule has 0 aromatic heterocycles. The molecule has 0 saturated heterocycles. The fraction of sp³-hybridized carbons (Fsp3) is 0.714. The van der Waals surface area contributed by atoms with Crippen LogP contribution in [0, 0.1) is 0 Å². The van der Waals surface area contributed by atoms with E-state index < -0.39 is 23.9 Å². The average Bonchev–Trinajstić information content (AvgIpc) is 2.01. The van der Waals surface area contributed by atoms with Crippen molar-refractivity contribution < 1.29 is 22.8 Å². The van der Waals surface area contributed by atoms with Crippen molar-refractivity contribution in [3.63, 3.8) is 0 Å². The second-order valence-corrected chi connectivity index (χ2v) is 2.88. The van der Waals surface area contributed by atoms with Gasteiger partial charge in [0, 0.05) is 7.05 Å². The Balaban J connectivity index is 4.59. The van der Waals surface area contributed by atoms with Gasteiger partial charge >= 0.3 is 6.09 Å². The molecule has 0 aliphatic rings. The maximum absolute atomic E-state index is 13.0. The molecule has 0 aromatic rings. The van der Waals surface area contributed by atoms with E-state index in [1.807, 2.05) is 5.32 Å². The van der Waals surface area contributed by atoms with Crippen LogP contribution in [0.25, 0.3) is 0 Å². The van der Waals surface area contributed by atoms with E-state index in [9.17, 15) is 18.0 Å². The van der Waals surface area contributed by atoms with Crippen LogP contribution in [0.4, 0.5) is 18.0 Å². The zero-order chi connectivity index (χ0) is 11.4. The fourth-order valence-electron chi connectivity index (χ4n) is 0.544. The third-order valence-corrected chi connectivity index (χ3v) is 1.25. The fourth-order valence-corrected chi connectivity index (χ4v) is 0.544. The highest BCUT2D eigenvalue weighted by molar-refractivity contribution is 5.94. The highest BCUT2D eigenvalue weighted by atomic mass is 19.3.